The highest BCUT2D eigenvalue weighted by Gasteiger charge is 2.76. The van der Waals surface area contributed by atoms with E-state index >= 15 is 0 Å². The van der Waals surface area contributed by atoms with Gasteiger partial charge in [-0.05, 0) is 92.0 Å². The standard InChI is InChI=1S/C29H35N3O4/c33-20-5-4-16-10-23-28-7-6-22-26(29(28,21(16)13-20)8-9-31(23)19-2-1-3-19)18(14-28)15-32(22)27(36)17-11-24(34)30-25(35)12-17/h4-5,13,17-19,22-23,26,33H,1-3,6-12,14-15H2,(H,30,34,35)/t18-,22?,23?,26?,28?,29?/m1/s1. The van der Waals surface area contributed by atoms with E-state index in [1.165, 1.54) is 30.4 Å². The molecule has 6 atom stereocenters. The van der Waals surface area contributed by atoms with Gasteiger partial charge < -0.3 is 10.0 Å². The average Bonchev–Trinajstić information content (AvgIpc) is 3.25. The molecule has 3 saturated heterocycles. The number of rotatable bonds is 2. The summed E-state index contributed by atoms with van der Waals surface area (Å²) < 4.78 is 0. The van der Waals surface area contributed by atoms with Crippen molar-refractivity contribution in [2.45, 2.75) is 87.7 Å². The number of phenols is 1. The molecule has 5 unspecified atom stereocenters. The normalized spacial score (nSPS) is 41.5. The monoisotopic (exact) mass is 489 g/mol. The molecule has 190 valence electrons. The summed E-state index contributed by atoms with van der Waals surface area (Å²) in [5, 5.41) is 13.0. The van der Waals surface area contributed by atoms with Gasteiger partial charge in [-0.3, -0.25) is 24.6 Å². The molecule has 0 aromatic heterocycles. The van der Waals surface area contributed by atoms with Crippen LogP contribution in [0.15, 0.2) is 18.2 Å². The molecule has 3 saturated carbocycles. The molecule has 6 fully saturated rings. The van der Waals surface area contributed by atoms with E-state index in [4.69, 9.17) is 0 Å². The molecule has 3 heterocycles. The molecule has 3 amide bonds. The first-order valence-corrected chi connectivity index (χ1v) is 14.1. The number of nitrogens with zero attached hydrogens (tertiary/aromatic N) is 2. The lowest BCUT2D eigenvalue weighted by Gasteiger charge is -2.68. The van der Waals surface area contributed by atoms with E-state index in [2.05, 4.69) is 27.2 Å². The minimum absolute atomic E-state index is 0.00656. The Labute approximate surface area is 211 Å². The average molecular weight is 490 g/mol. The van der Waals surface area contributed by atoms with Gasteiger partial charge in [-0.15, -0.1) is 0 Å². The molecule has 3 aliphatic heterocycles. The molecular formula is C29H35N3O4. The maximum atomic E-state index is 13.8. The van der Waals surface area contributed by atoms with Crippen LogP contribution in [0.3, 0.4) is 0 Å². The van der Waals surface area contributed by atoms with Gasteiger partial charge in [-0.1, -0.05) is 12.5 Å². The van der Waals surface area contributed by atoms with Crippen molar-refractivity contribution in [3.8, 4) is 5.75 Å². The predicted molar refractivity (Wildman–Crippen MR) is 131 cm³/mol. The molecule has 7 aliphatic rings. The van der Waals surface area contributed by atoms with Crippen molar-refractivity contribution in [3.05, 3.63) is 29.3 Å². The van der Waals surface area contributed by atoms with E-state index in [9.17, 15) is 19.5 Å². The molecule has 8 rings (SSSR count). The van der Waals surface area contributed by atoms with Crippen LogP contribution >= 0.6 is 0 Å². The minimum Gasteiger partial charge on any atom is -0.508 e. The first-order valence-electron chi connectivity index (χ1n) is 14.1. The number of benzene rings is 1. The van der Waals surface area contributed by atoms with Crippen LogP contribution in [-0.2, 0) is 26.2 Å². The summed E-state index contributed by atoms with van der Waals surface area (Å²) in [5.74, 6) is 0.0420. The van der Waals surface area contributed by atoms with Gasteiger partial charge in [-0.25, -0.2) is 0 Å². The third-order valence-corrected chi connectivity index (χ3v) is 11.8. The van der Waals surface area contributed by atoms with Crippen molar-refractivity contribution in [3.63, 3.8) is 0 Å². The van der Waals surface area contributed by atoms with Gasteiger partial charge in [-0.2, -0.15) is 0 Å². The Morgan fingerprint density at radius 2 is 1.86 bits per heavy atom. The van der Waals surface area contributed by atoms with Crippen molar-refractivity contribution in [1.29, 1.82) is 0 Å². The van der Waals surface area contributed by atoms with Gasteiger partial charge in [0.1, 0.15) is 5.75 Å². The van der Waals surface area contributed by atoms with E-state index < -0.39 is 5.92 Å². The van der Waals surface area contributed by atoms with E-state index in [1.54, 1.807) is 0 Å². The van der Waals surface area contributed by atoms with Crippen LogP contribution in [0, 0.1) is 23.2 Å². The summed E-state index contributed by atoms with van der Waals surface area (Å²) in [6.07, 6.45) is 9.74. The zero-order valence-corrected chi connectivity index (χ0v) is 20.7. The van der Waals surface area contributed by atoms with E-state index in [0.717, 1.165) is 51.2 Å². The third-order valence-electron chi connectivity index (χ3n) is 11.8. The molecular weight excluding hydrogens is 454 g/mol. The molecule has 36 heavy (non-hydrogen) atoms. The van der Waals surface area contributed by atoms with Crippen molar-refractivity contribution in [1.82, 2.24) is 15.1 Å². The summed E-state index contributed by atoms with van der Waals surface area (Å²) in [7, 11) is 0. The number of piperidine rings is 2. The fraction of sp³-hybridized carbons (Fsp3) is 0.690. The van der Waals surface area contributed by atoms with Gasteiger partial charge in [0.2, 0.25) is 17.7 Å². The first kappa shape index (κ1) is 21.7. The number of nitrogens with one attached hydrogen (secondary N) is 1. The van der Waals surface area contributed by atoms with Crippen LogP contribution in [0.1, 0.15) is 68.9 Å². The number of hydrogen-bond donors (Lipinski definition) is 2. The molecule has 7 heteroatoms. The lowest BCUT2D eigenvalue weighted by Crippen LogP contribution is -2.71. The van der Waals surface area contributed by atoms with Gasteiger partial charge in [0, 0.05) is 42.9 Å². The molecule has 7 nitrogen and oxygen atoms in total. The molecule has 1 aromatic rings. The van der Waals surface area contributed by atoms with Gasteiger partial charge in [0.05, 0.1) is 5.92 Å². The quantitative estimate of drug-likeness (QED) is 0.623. The summed E-state index contributed by atoms with van der Waals surface area (Å²) in [5.41, 5.74) is 3.00. The molecule has 1 aromatic carbocycles. The highest BCUT2D eigenvalue weighted by Crippen LogP contribution is 2.75. The minimum atomic E-state index is -0.523. The van der Waals surface area contributed by atoms with E-state index in [1.807, 2.05) is 6.07 Å². The Hall–Kier alpha value is -2.41. The summed E-state index contributed by atoms with van der Waals surface area (Å²) in [6.45, 7) is 1.88. The second-order valence-electron chi connectivity index (χ2n) is 12.9. The Balaban J connectivity index is 1.21. The Morgan fingerprint density at radius 3 is 2.61 bits per heavy atom. The lowest BCUT2D eigenvalue weighted by molar-refractivity contribution is -0.152. The molecule has 0 radical (unpaired) electrons. The molecule has 4 bridgehead atoms. The van der Waals surface area contributed by atoms with E-state index in [-0.39, 0.29) is 47.4 Å². The number of amides is 3. The van der Waals surface area contributed by atoms with Crippen LogP contribution in [0.25, 0.3) is 0 Å². The highest BCUT2D eigenvalue weighted by atomic mass is 16.3. The van der Waals surface area contributed by atoms with Crippen LogP contribution in [0.5, 0.6) is 5.75 Å². The number of carbonyl (C=O) groups is 3. The van der Waals surface area contributed by atoms with Gasteiger partial charge in [0.25, 0.3) is 0 Å². The zero-order valence-electron chi connectivity index (χ0n) is 20.7. The number of hydrogen-bond acceptors (Lipinski definition) is 5. The topological polar surface area (TPSA) is 90.0 Å². The van der Waals surface area contributed by atoms with Gasteiger partial charge in [0.15, 0.2) is 0 Å². The van der Waals surface area contributed by atoms with Crippen LogP contribution < -0.4 is 5.32 Å². The molecule has 0 spiro atoms. The fourth-order valence-electron chi connectivity index (χ4n) is 10.6. The third kappa shape index (κ3) is 2.51. The number of fused-ring (bicyclic) bond motifs is 1. The largest absolute Gasteiger partial charge is 0.508 e. The first-order chi connectivity index (χ1) is 17.4. The van der Waals surface area contributed by atoms with Crippen LogP contribution in [-0.4, -0.2) is 63.8 Å². The summed E-state index contributed by atoms with van der Waals surface area (Å²) in [6, 6.07) is 7.55. The maximum absolute atomic E-state index is 13.8. The number of likely N-dealkylation sites (tertiary alicyclic amines) is 2. The number of phenolic OH excluding ortho intramolecular Hbond substituents is 1. The lowest BCUT2D eigenvalue weighted by atomic mass is 9.43. The molecule has 2 N–H and O–H groups in total. The van der Waals surface area contributed by atoms with Crippen molar-refractivity contribution >= 4 is 17.7 Å². The summed E-state index contributed by atoms with van der Waals surface area (Å²) >= 11 is 0. The number of imide groups is 1. The van der Waals surface area contributed by atoms with Crippen molar-refractivity contribution in [2.24, 2.45) is 23.2 Å². The van der Waals surface area contributed by atoms with E-state index in [0.29, 0.717) is 23.6 Å². The van der Waals surface area contributed by atoms with Crippen molar-refractivity contribution < 1.29 is 19.5 Å². The van der Waals surface area contributed by atoms with Crippen molar-refractivity contribution in [2.75, 3.05) is 13.1 Å². The summed E-state index contributed by atoms with van der Waals surface area (Å²) in [4.78, 5) is 42.8. The smallest absolute Gasteiger partial charge is 0.227 e. The van der Waals surface area contributed by atoms with Gasteiger partial charge >= 0.3 is 0 Å². The molecule has 4 aliphatic carbocycles. The maximum Gasteiger partial charge on any atom is 0.227 e. The Bertz CT molecular complexity index is 1180. The predicted octanol–water partition coefficient (Wildman–Crippen LogP) is 2.49. The van der Waals surface area contributed by atoms with Crippen LogP contribution in [0.2, 0.25) is 0 Å². The number of aromatic hydroxyl groups is 1. The number of carbonyl (C=O) groups excluding carboxylic acids is 3. The van der Waals surface area contributed by atoms with Crippen LogP contribution in [0.4, 0.5) is 0 Å². The SMILES string of the molecule is O=C1CC(C(=O)N2C[C@H]3CC45CCC2C3C42CCN(C3CCC3)C5Cc3ccc(O)cc32)CC(=O)N1. The fourth-order valence-corrected chi connectivity index (χ4v) is 10.6. The second-order valence-corrected chi connectivity index (χ2v) is 12.9. The highest BCUT2D eigenvalue weighted by molar-refractivity contribution is 6.02. The Kier molecular flexibility index (Phi) is 4.28. The zero-order chi connectivity index (χ0) is 24.4. The Morgan fingerprint density at radius 1 is 1.06 bits per heavy atom. The second kappa shape index (κ2) is 7.12.